The molecule has 0 fully saturated rings. The van der Waals surface area contributed by atoms with E-state index in [0.29, 0.717) is 0 Å². The number of halogens is 1. The van der Waals surface area contributed by atoms with Gasteiger partial charge < -0.3 is 14.7 Å². The van der Waals surface area contributed by atoms with E-state index < -0.39 is 18.1 Å². The number of benzene rings is 2. The van der Waals surface area contributed by atoms with Crippen molar-refractivity contribution in [3.05, 3.63) is 69.3 Å². The third kappa shape index (κ3) is 5.23. The summed E-state index contributed by atoms with van der Waals surface area (Å²) in [5.41, 5.74) is 1.65. The Hall–Kier alpha value is -2.09. The molecule has 6 heteroatoms. The van der Waals surface area contributed by atoms with E-state index in [4.69, 9.17) is 4.74 Å². The molecule has 0 spiro atoms. The Balaban J connectivity index is 2.10. The van der Waals surface area contributed by atoms with Crippen molar-refractivity contribution in [1.29, 1.82) is 0 Å². The van der Waals surface area contributed by atoms with Gasteiger partial charge >= 0.3 is 12.1 Å². The zero-order valence-electron chi connectivity index (χ0n) is 13.2. The number of hydrogen-bond donors (Lipinski definition) is 1. The SMILES string of the molecule is CN(C(=O)OCc1ccccc1)C(CC(=O)O)c1cccc(I)c1. The maximum absolute atomic E-state index is 12.3. The monoisotopic (exact) mass is 439 g/mol. The number of carboxylic acids is 1. The first kappa shape index (κ1) is 18.3. The average Bonchev–Trinajstić information content (AvgIpc) is 2.57. The highest BCUT2D eigenvalue weighted by Gasteiger charge is 2.25. The van der Waals surface area contributed by atoms with Crippen LogP contribution >= 0.6 is 22.6 Å². The van der Waals surface area contributed by atoms with E-state index in [9.17, 15) is 14.7 Å². The molecule has 2 aromatic carbocycles. The molecule has 2 rings (SSSR count). The molecule has 0 heterocycles. The Morgan fingerprint density at radius 3 is 2.50 bits per heavy atom. The molecule has 0 aromatic heterocycles. The van der Waals surface area contributed by atoms with Gasteiger partial charge in [-0.1, -0.05) is 42.5 Å². The molecule has 1 N–H and O–H groups in total. The first-order valence-electron chi connectivity index (χ1n) is 7.38. The minimum Gasteiger partial charge on any atom is -0.481 e. The van der Waals surface area contributed by atoms with E-state index >= 15 is 0 Å². The van der Waals surface area contributed by atoms with Crippen molar-refractivity contribution in [3.63, 3.8) is 0 Å². The quantitative estimate of drug-likeness (QED) is 0.690. The number of carbonyl (C=O) groups is 2. The van der Waals surface area contributed by atoms with E-state index in [0.717, 1.165) is 14.7 Å². The molecule has 0 saturated heterocycles. The average molecular weight is 439 g/mol. The van der Waals surface area contributed by atoms with Crippen LogP contribution in [0.4, 0.5) is 4.79 Å². The third-order valence-electron chi connectivity index (χ3n) is 3.56. The highest BCUT2D eigenvalue weighted by atomic mass is 127. The van der Waals surface area contributed by atoms with Crippen LogP contribution in [0.1, 0.15) is 23.6 Å². The topological polar surface area (TPSA) is 66.8 Å². The Labute approximate surface area is 154 Å². The maximum atomic E-state index is 12.3. The number of ether oxygens (including phenoxy) is 1. The molecule has 0 radical (unpaired) electrons. The third-order valence-corrected chi connectivity index (χ3v) is 4.23. The van der Waals surface area contributed by atoms with Gasteiger partial charge in [0, 0.05) is 10.6 Å². The van der Waals surface area contributed by atoms with Crippen LogP contribution in [0.2, 0.25) is 0 Å². The zero-order valence-corrected chi connectivity index (χ0v) is 15.3. The van der Waals surface area contributed by atoms with Gasteiger partial charge in [-0.15, -0.1) is 0 Å². The van der Waals surface area contributed by atoms with Crippen molar-refractivity contribution < 1.29 is 19.4 Å². The highest BCUT2D eigenvalue weighted by Crippen LogP contribution is 2.25. The molecular formula is C18H18INO4. The summed E-state index contributed by atoms with van der Waals surface area (Å²) in [7, 11) is 1.56. The van der Waals surface area contributed by atoms with Gasteiger partial charge in [-0.3, -0.25) is 4.79 Å². The van der Waals surface area contributed by atoms with Crippen molar-refractivity contribution in [2.24, 2.45) is 0 Å². The molecule has 24 heavy (non-hydrogen) atoms. The predicted molar refractivity (Wildman–Crippen MR) is 98.5 cm³/mol. The summed E-state index contributed by atoms with van der Waals surface area (Å²) in [6, 6.07) is 16.2. The molecule has 2 aromatic rings. The number of amides is 1. The van der Waals surface area contributed by atoms with Gasteiger partial charge in [-0.2, -0.15) is 0 Å². The summed E-state index contributed by atoms with van der Waals surface area (Å²) < 4.78 is 6.27. The van der Waals surface area contributed by atoms with Crippen molar-refractivity contribution in [2.75, 3.05) is 7.05 Å². The molecule has 1 unspecified atom stereocenters. The van der Waals surface area contributed by atoms with Gasteiger partial charge in [-0.25, -0.2) is 4.79 Å². The molecule has 0 saturated carbocycles. The molecule has 1 amide bonds. The lowest BCUT2D eigenvalue weighted by molar-refractivity contribution is -0.138. The highest BCUT2D eigenvalue weighted by molar-refractivity contribution is 14.1. The molecule has 0 aliphatic heterocycles. The van der Waals surface area contributed by atoms with Gasteiger partial charge in [-0.05, 0) is 45.9 Å². The number of hydrogen-bond acceptors (Lipinski definition) is 3. The number of carboxylic acid groups (broad SMARTS) is 1. The van der Waals surface area contributed by atoms with Crippen molar-refractivity contribution in [1.82, 2.24) is 4.90 Å². The van der Waals surface area contributed by atoms with Gasteiger partial charge in [0.2, 0.25) is 0 Å². The Morgan fingerprint density at radius 1 is 1.17 bits per heavy atom. The molecule has 0 bridgehead atoms. The van der Waals surface area contributed by atoms with Gasteiger partial charge in [0.1, 0.15) is 6.61 Å². The second-order valence-corrected chi connectivity index (χ2v) is 6.57. The number of rotatable bonds is 6. The van der Waals surface area contributed by atoms with Crippen LogP contribution < -0.4 is 0 Å². The van der Waals surface area contributed by atoms with Crippen molar-refractivity contribution in [3.8, 4) is 0 Å². The second-order valence-electron chi connectivity index (χ2n) is 5.32. The van der Waals surface area contributed by atoms with Crippen molar-refractivity contribution in [2.45, 2.75) is 19.1 Å². The van der Waals surface area contributed by atoms with E-state index in [2.05, 4.69) is 22.6 Å². The van der Waals surface area contributed by atoms with E-state index in [1.807, 2.05) is 54.6 Å². The molecular weight excluding hydrogens is 421 g/mol. The van der Waals surface area contributed by atoms with Crippen molar-refractivity contribution >= 4 is 34.7 Å². The summed E-state index contributed by atoms with van der Waals surface area (Å²) in [4.78, 5) is 24.8. The normalized spacial score (nSPS) is 11.6. The fourth-order valence-electron chi connectivity index (χ4n) is 2.31. The summed E-state index contributed by atoms with van der Waals surface area (Å²) in [5.74, 6) is -0.971. The Bertz CT molecular complexity index is 705. The predicted octanol–water partition coefficient (Wildman–Crippen LogP) is 4.08. The first-order valence-corrected chi connectivity index (χ1v) is 8.46. The van der Waals surface area contributed by atoms with E-state index in [-0.39, 0.29) is 13.0 Å². The van der Waals surface area contributed by atoms with Gasteiger partial charge in [0.05, 0.1) is 12.5 Å². The van der Waals surface area contributed by atoms with Crippen LogP contribution in [0, 0.1) is 3.57 Å². The van der Waals surface area contributed by atoms with Crippen LogP contribution in [0.25, 0.3) is 0 Å². The Morgan fingerprint density at radius 2 is 1.88 bits per heavy atom. The number of nitrogens with zero attached hydrogens (tertiary/aromatic N) is 1. The fourth-order valence-corrected chi connectivity index (χ4v) is 2.87. The minimum absolute atomic E-state index is 0.149. The standard InChI is InChI=1S/C18H18INO4/c1-20(18(23)24-12-13-6-3-2-4-7-13)16(11-17(21)22)14-8-5-9-15(19)10-14/h2-10,16H,11-12H2,1H3,(H,21,22). The summed E-state index contributed by atoms with van der Waals surface area (Å²) in [5, 5.41) is 9.17. The summed E-state index contributed by atoms with van der Waals surface area (Å²) >= 11 is 2.16. The van der Waals surface area contributed by atoms with Crippen LogP contribution in [-0.2, 0) is 16.1 Å². The zero-order chi connectivity index (χ0) is 17.5. The maximum Gasteiger partial charge on any atom is 0.410 e. The van der Waals surface area contributed by atoms with E-state index in [1.54, 1.807) is 7.05 Å². The lowest BCUT2D eigenvalue weighted by Gasteiger charge is -2.27. The van der Waals surface area contributed by atoms with Crippen LogP contribution in [0.15, 0.2) is 54.6 Å². The fraction of sp³-hybridized carbons (Fsp3) is 0.222. The summed E-state index contributed by atoms with van der Waals surface area (Å²) in [6.07, 6.45) is -0.735. The van der Waals surface area contributed by atoms with Gasteiger partial charge in [0.15, 0.2) is 0 Å². The van der Waals surface area contributed by atoms with Crippen LogP contribution in [0.3, 0.4) is 0 Å². The Kier molecular flexibility index (Phi) is 6.60. The lowest BCUT2D eigenvalue weighted by atomic mass is 10.0. The van der Waals surface area contributed by atoms with E-state index in [1.165, 1.54) is 4.90 Å². The first-order chi connectivity index (χ1) is 11.5. The minimum atomic E-state index is -0.971. The largest absolute Gasteiger partial charge is 0.481 e. The van der Waals surface area contributed by atoms with Crippen LogP contribution in [-0.4, -0.2) is 29.1 Å². The lowest BCUT2D eigenvalue weighted by Crippen LogP contribution is -2.33. The molecule has 1 atom stereocenters. The molecule has 126 valence electrons. The smallest absolute Gasteiger partial charge is 0.410 e. The summed E-state index contributed by atoms with van der Waals surface area (Å²) in [6.45, 7) is 0.149. The molecule has 5 nitrogen and oxygen atoms in total. The van der Waals surface area contributed by atoms with Gasteiger partial charge in [0.25, 0.3) is 0 Å². The van der Waals surface area contributed by atoms with Crippen LogP contribution in [0.5, 0.6) is 0 Å². The second kappa shape index (κ2) is 8.68. The molecule has 0 aliphatic rings. The molecule has 0 aliphatic carbocycles. The number of carbonyl (C=O) groups excluding carboxylic acids is 1. The number of aliphatic carboxylic acids is 1.